The van der Waals surface area contributed by atoms with Crippen molar-refractivity contribution in [2.75, 3.05) is 23.7 Å². The predicted molar refractivity (Wildman–Crippen MR) is 65.6 cm³/mol. The van der Waals surface area contributed by atoms with Gasteiger partial charge >= 0.3 is 6.01 Å². The second-order valence-corrected chi connectivity index (χ2v) is 6.33. The highest BCUT2D eigenvalue weighted by molar-refractivity contribution is 8.00. The van der Waals surface area contributed by atoms with Crippen molar-refractivity contribution in [1.82, 2.24) is 10.2 Å². The third kappa shape index (κ3) is 2.68. The molecule has 1 fully saturated rings. The fraction of sp³-hybridized carbons (Fsp3) is 0.800. The van der Waals surface area contributed by atoms with Crippen LogP contribution in [0.4, 0.5) is 6.01 Å². The molecule has 1 aromatic heterocycles. The van der Waals surface area contributed by atoms with Gasteiger partial charge in [-0.3, -0.25) is 0 Å². The number of nitrogens with zero attached hydrogens (tertiary/aromatic N) is 3. The molecule has 1 saturated heterocycles. The number of thioether (sulfide) groups is 1. The Bertz CT molecular complexity index is 352. The van der Waals surface area contributed by atoms with Crippen molar-refractivity contribution in [3.63, 3.8) is 0 Å². The van der Waals surface area contributed by atoms with Crippen LogP contribution in [0.15, 0.2) is 4.42 Å². The Morgan fingerprint density at radius 2 is 2.25 bits per heavy atom. The molecule has 6 heteroatoms. The van der Waals surface area contributed by atoms with Gasteiger partial charge in [-0.05, 0) is 6.42 Å². The van der Waals surface area contributed by atoms with Gasteiger partial charge in [0, 0.05) is 23.6 Å². The van der Waals surface area contributed by atoms with E-state index in [0.29, 0.717) is 23.2 Å². The maximum Gasteiger partial charge on any atom is 0.318 e. The first-order valence-corrected chi connectivity index (χ1v) is 6.51. The van der Waals surface area contributed by atoms with Crippen LogP contribution in [0.1, 0.15) is 26.2 Å². The molecule has 0 saturated carbocycles. The van der Waals surface area contributed by atoms with Crippen LogP contribution < -0.4 is 10.6 Å². The van der Waals surface area contributed by atoms with Gasteiger partial charge in [0.05, 0.1) is 6.54 Å². The lowest BCUT2D eigenvalue weighted by atomic mass is 10.1. The van der Waals surface area contributed by atoms with Crippen molar-refractivity contribution in [2.45, 2.75) is 31.6 Å². The van der Waals surface area contributed by atoms with Crippen LogP contribution in [-0.4, -0.2) is 33.8 Å². The smallest absolute Gasteiger partial charge is 0.318 e. The zero-order valence-corrected chi connectivity index (χ0v) is 10.6. The average Bonchev–Trinajstić information content (AvgIpc) is 2.64. The maximum absolute atomic E-state index is 5.47. The van der Waals surface area contributed by atoms with Crippen molar-refractivity contribution in [3.05, 3.63) is 5.89 Å². The standard InChI is InChI=1S/C10H18N4OS/c1-10(2)3-4-14(5-6-16-10)9-13-12-8(7-11)15-9/h3-7,11H2,1-2H3. The fourth-order valence-electron chi connectivity index (χ4n) is 1.67. The largest absolute Gasteiger partial charge is 0.407 e. The number of hydrogen-bond acceptors (Lipinski definition) is 6. The number of anilines is 1. The molecule has 2 heterocycles. The number of nitrogens with two attached hydrogens (primary N) is 1. The van der Waals surface area contributed by atoms with Crippen LogP contribution in [0.2, 0.25) is 0 Å². The molecule has 90 valence electrons. The van der Waals surface area contributed by atoms with Gasteiger partial charge in [-0.15, -0.1) is 5.10 Å². The summed E-state index contributed by atoms with van der Waals surface area (Å²) in [6.45, 7) is 6.79. The van der Waals surface area contributed by atoms with E-state index < -0.39 is 0 Å². The summed E-state index contributed by atoms with van der Waals surface area (Å²) in [6.07, 6.45) is 1.12. The van der Waals surface area contributed by atoms with Crippen molar-refractivity contribution in [2.24, 2.45) is 5.73 Å². The van der Waals surface area contributed by atoms with Gasteiger partial charge in [0.2, 0.25) is 5.89 Å². The molecule has 1 aliphatic heterocycles. The summed E-state index contributed by atoms with van der Waals surface area (Å²) in [5.41, 5.74) is 5.45. The topological polar surface area (TPSA) is 68.2 Å². The van der Waals surface area contributed by atoms with E-state index in [2.05, 4.69) is 28.9 Å². The molecule has 1 aliphatic rings. The van der Waals surface area contributed by atoms with Crippen molar-refractivity contribution < 1.29 is 4.42 Å². The first kappa shape index (κ1) is 11.7. The van der Waals surface area contributed by atoms with E-state index in [1.807, 2.05) is 11.8 Å². The minimum Gasteiger partial charge on any atom is -0.407 e. The van der Waals surface area contributed by atoms with Gasteiger partial charge in [0.15, 0.2) is 0 Å². The number of rotatable bonds is 2. The third-order valence-electron chi connectivity index (χ3n) is 2.74. The summed E-state index contributed by atoms with van der Waals surface area (Å²) in [7, 11) is 0. The molecular formula is C10H18N4OS. The van der Waals surface area contributed by atoms with Crippen LogP contribution in [0.25, 0.3) is 0 Å². The van der Waals surface area contributed by atoms with Crippen LogP contribution >= 0.6 is 11.8 Å². The lowest BCUT2D eigenvalue weighted by Crippen LogP contribution is -2.27. The van der Waals surface area contributed by atoms with E-state index in [-0.39, 0.29) is 0 Å². The first-order valence-electron chi connectivity index (χ1n) is 5.52. The lowest BCUT2D eigenvalue weighted by Gasteiger charge is -2.21. The molecule has 2 rings (SSSR count). The Balaban J connectivity index is 2.04. The molecule has 2 N–H and O–H groups in total. The van der Waals surface area contributed by atoms with Crippen molar-refractivity contribution >= 4 is 17.8 Å². The van der Waals surface area contributed by atoms with Crippen LogP contribution in [0.5, 0.6) is 0 Å². The SMILES string of the molecule is CC1(C)CCN(c2nnc(CN)o2)CCS1. The second kappa shape index (κ2) is 4.63. The molecular weight excluding hydrogens is 224 g/mol. The Morgan fingerprint density at radius 1 is 1.44 bits per heavy atom. The fourth-order valence-corrected chi connectivity index (χ4v) is 2.77. The second-order valence-electron chi connectivity index (χ2n) is 4.53. The highest BCUT2D eigenvalue weighted by atomic mass is 32.2. The summed E-state index contributed by atoms with van der Waals surface area (Å²) in [4.78, 5) is 2.15. The molecule has 5 nitrogen and oxygen atoms in total. The van der Waals surface area contributed by atoms with E-state index in [9.17, 15) is 0 Å². The van der Waals surface area contributed by atoms with Crippen LogP contribution in [0.3, 0.4) is 0 Å². The van der Waals surface area contributed by atoms with E-state index in [0.717, 1.165) is 25.3 Å². The molecule has 0 unspecified atom stereocenters. The normalized spacial score (nSPS) is 20.8. The predicted octanol–water partition coefficient (Wildman–Crippen LogP) is 1.25. The molecule has 0 aromatic carbocycles. The van der Waals surface area contributed by atoms with Gasteiger partial charge < -0.3 is 15.1 Å². The van der Waals surface area contributed by atoms with Gasteiger partial charge in [-0.2, -0.15) is 11.8 Å². The Morgan fingerprint density at radius 3 is 2.94 bits per heavy atom. The van der Waals surface area contributed by atoms with Gasteiger partial charge in [-0.25, -0.2) is 0 Å². The summed E-state index contributed by atoms with van der Waals surface area (Å²) in [5.74, 6) is 1.60. The molecule has 0 spiro atoms. The quantitative estimate of drug-likeness (QED) is 0.842. The van der Waals surface area contributed by atoms with Gasteiger partial charge in [0.25, 0.3) is 0 Å². The zero-order chi connectivity index (χ0) is 11.6. The van der Waals surface area contributed by atoms with Gasteiger partial charge in [-0.1, -0.05) is 18.9 Å². The van der Waals surface area contributed by atoms with E-state index >= 15 is 0 Å². The van der Waals surface area contributed by atoms with Crippen molar-refractivity contribution in [3.8, 4) is 0 Å². The first-order chi connectivity index (χ1) is 7.61. The summed E-state index contributed by atoms with van der Waals surface area (Å²) in [5, 5.41) is 7.91. The molecule has 1 aromatic rings. The Labute approximate surface area is 99.8 Å². The monoisotopic (exact) mass is 242 g/mol. The highest BCUT2D eigenvalue weighted by Gasteiger charge is 2.25. The molecule has 16 heavy (non-hydrogen) atoms. The van der Waals surface area contributed by atoms with Crippen LogP contribution in [0, 0.1) is 0 Å². The summed E-state index contributed by atoms with van der Waals surface area (Å²) >= 11 is 2.00. The van der Waals surface area contributed by atoms with E-state index in [1.165, 1.54) is 0 Å². The maximum atomic E-state index is 5.47. The zero-order valence-electron chi connectivity index (χ0n) is 9.77. The molecule has 0 bridgehead atoms. The summed E-state index contributed by atoms with van der Waals surface area (Å²) < 4.78 is 5.80. The molecule has 0 aliphatic carbocycles. The van der Waals surface area contributed by atoms with Crippen molar-refractivity contribution in [1.29, 1.82) is 0 Å². The average molecular weight is 242 g/mol. The highest BCUT2D eigenvalue weighted by Crippen LogP contribution is 2.31. The van der Waals surface area contributed by atoms with Gasteiger partial charge in [0.1, 0.15) is 0 Å². The molecule has 0 atom stereocenters. The number of aromatic nitrogens is 2. The Hall–Kier alpha value is -0.750. The minimum absolute atomic E-state index is 0.307. The molecule has 0 amide bonds. The molecule has 0 radical (unpaired) electrons. The third-order valence-corrected chi connectivity index (χ3v) is 4.11. The Kier molecular flexibility index (Phi) is 3.39. The number of hydrogen-bond donors (Lipinski definition) is 1. The minimum atomic E-state index is 0.307. The summed E-state index contributed by atoms with van der Waals surface area (Å²) in [6, 6.07) is 0.610. The van der Waals surface area contributed by atoms with E-state index in [1.54, 1.807) is 0 Å². The van der Waals surface area contributed by atoms with E-state index in [4.69, 9.17) is 10.2 Å². The lowest BCUT2D eigenvalue weighted by molar-refractivity contribution is 0.482. The van der Waals surface area contributed by atoms with Crippen LogP contribution in [-0.2, 0) is 6.54 Å².